The molecule has 7 heteroatoms. The summed E-state index contributed by atoms with van der Waals surface area (Å²) >= 11 is 0. The molecule has 2 aromatic heterocycles. The van der Waals surface area contributed by atoms with Gasteiger partial charge in [0.2, 0.25) is 5.91 Å². The molecule has 0 atom stereocenters. The fourth-order valence-electron chi connectivity index (χ4n) is 3.06. The molecule has 0 aliphatic rings. The lowest BCUT2D eigenvalue weighted by molar-refractivity contribution is -0.117. The molecule has 0 fully saturated rings. The summed E-state index contributed by atoms with van der Waals surface area (Å²) in [6, 6.07) is 16.6. The zero-order valence-electron chi connectivity index (χ0n) is 15.1. The van der Waals surface area contributed by atoms with Gasteiger partial charge in [0.05, 0.1) is 16.8 Å². The minimum absolute atomic E-state index is 0.0844. The monoisotopic (exact) mass is 376 g/mol. The third-order valence-electron chi connectivity index (χ3n) is 4.42. The molecule has 0 aliphatic carbocycles. The SMILES string of the molecule is Cc1ccc(-n2c(=O)c3cccnc3n2CC(=O)Nc2ccccc2F)cc1. The number of benzene rings is 2. The standard InChI is InChI=1S/C21H17FN4O2/c1-14-8-10-15(11-9-14)26-21(28)16-5-4-12-23-20(16)25(26)13-19(27)24-18-7-3-2-6-17(18)22/h2-12H,13H2,1H3,(H,24,27). The molecule has 0 radical (unpaired) electrons. The maximum Gasteiger partial charge on any atom is 0.280 e. The number of carbonyl (C=O) groups is 1. The first-order valence-electron chi connectivity index (χ1n) is 8.72. The van der Waals surface area contributed by atoms with Crippen LogP contribution >= 0.6 is 0 Å². The third kappa shape index (κ3) is 3.18. The average Bonchev–Trinajstić information content (AvgIpc) is 2.97. The van der Waals surface area contributed by atoms with Crippen LogP contribution in [0.2, 0.25) is 0 Å². The molecule has 0 spiro atoms. The van der Waals surface area contributed by atoms with E-state index in [1.165, 1.54) is 21.5 Å². The van der Waals surface area contributed by atoms with E-state index in [1.54, 1.807) is 42.6 Å². The van der Waals surface area contributed by atoms with Crippen molar-refractivity contribution < 1.29 is 9.18 Å². The van der Waals surface area contributed by atoms with E-state index in [-0.39, 0.29) is 17.8 Å². The molecule has 0 bridgehead atoms. The first-order valence-corrected chi connectivity index (χ1v) is 8.72. The Kier molecular flexibility index (Phi) is 4.49. The van der Waals surface area contributed by atoms with Crippen LogP contribution in [-0.4, -0.2) is 20.3 Å². The number of para-hydroxylation sites is 1. The van der Waals surface area contributed by atoms with Crippen LogP contribution in [0.5, 0.6) is 0 Å². The van der Waals surface area contributed by atoms with E-state index in [2.05, 4.69) is 10.3 Å². The summed E-state index contributed by atoms with van der Waals surface area (Å²) in [5, 5.41) is 2.95. The number of amides is 1. The zero-order chi connectivity index (χ0) is 19.7. The fraction of sp³-hybridized carbons (Fsp3) is 0.0952. The minimum atomic E-state index is -0.526. The molecule has 0 saturated carbocycles. The Morgan fingerprint density at radius 2 is 1.82 bits per heavy atom. The largest absolute Gasteiger partial charge is 0.322 e. The average molecular weight is 376 g/mol. The van der Waals surface area contributed by atoms with Crippen LogP contribution in [0.3, 0.4) is 0 Å². The summed E-state index contributed by atoms with van der Waals surface area (Å²) in [6.07, 6.45) is 1.56. The summed E-state index contributed by atoms with van der Waals surface area (Å²) in [7, 11) is 0. The lowest BCUT2D eigenvalue weighted by Gasteiger charge is -2.13. The summed E-state index contributed by atoms with van der Waals surface area (Å²) in [5.41, 5.74) is 1.87. The van der Waals surface area contributed by atoms with Crippen LogP contribution in [-0.2, 0) is 11.3 Å². The zero-order valence-corrected chi connectivity index (χ0v) is 15.1. The predicted molar refractivity (Wildman–Crippen MR) is 105 cm³/mol. The first-order chi connectivity index (χ1) is 13.5. The van der Waals surface area contributed by atoms with E-state index in [1.807, 2.05) is 19.1 Å². The topological polar surface area (TPSA) is 68.9 Å². The molecule has 2 aromatic carbocycles. The Hall–Kier alpha value is -3.74. The van der Waals surface area contributed by atoms with E-state index in [4.69, 9.17) is 0 Å². The van der Waals surface area contributed by atoms with E-state index in [0.29, 0.717) is 16.7 Å². The maximum atomic E-state index is 13.8. The molecule has 6 nitrogen and oxygen atoms in total. The first kappa shape index (κ1) is 17.7. The second-order valence-corrected chi connectivity index (χ2v) is 6.41. The van der Waals surface area contributed by atoms with Gasteiger partial charge < -0.3 is 5.32 Å². The van der Waals surface area contributed by atoms with Crippen molar-refractivity contribution in [1.29, 1.82) is 0 Å². The van der Waals surface area contributed by atoms with E-state index >= 15 is 0 Å². The van der Waals surface area contributed by atoms with Crippen molar-refractivity contribution in [3.8, 4) is 5.69 Å². The van der Waals surface area contributed by atoms with E-state index in [0.717, 1.165) is 5.56 Å². The number of anilines is 1. The second kappa shape index (κ2) is 7.11. The van der Waals surface area contributed by atoms with Crippen molar-refractivity contribution in [2.45, 2.75) is 13.5 Å². The van der Waals surface area contributed by atoms with Crippen molar-refractivity contribution in [2.24, 2.45) is 0 Å². The number of fused-ring (bicyclic) bond motifs is 1. The van der Waals surface area contributed by atoms with Gasteiger partial charge in [0.25, 0.3) is 5.56 Å². The van der Waals surface area contributed by atoms with Crippen LogP contribution < -0.4 is 10.9 Å². The summed E-state index contributed by atoms with van der Waals surface area (Å²) in [6.45, 7) is 1.75. The molecule has 1 N–H and O–H groups in total. The van der Waals surface area contributed by atoms with Gasteiger partial charge in [-0.1, -0.05) is 29.8 Å². The maximum absolute atomic E-state index is 13.8. The molecular formula is C21H17FN4O2. The van der Waals surface area contributed by atoms with Gasteiger partial charge in [0.15, 0.2) is 5.65 Å². The number of nitrogens with zero attached hydrogens (tertiary/aromatic N) is 3. The fourth-order valence-corrected chi connectivity index (χ4v) is 3.06. The molecule has 0 unspecified atom stereocenters. The quantitative estimate of drug-likeness (QED) is 0.594. The van der Waals surface area contributed by atoms with Crippen molar-refractivity contribution in [3.05, 3.63) is 88.6 Å². The molecule has 140 valence electrons. The normalized spacial score (nSPS) is 10.9. The molecule has 4 rings (SSSR count). The number of nitrogens with one attached hydrogen (secondary N) is 1. The van der Waals surface area contributed by atoms with Gasteiger partial charge in [-0.3, -0.25) is 14.3 Å². The van der Waals surface area contributed by atoms with Gasteiger partial charge in [-0.05, 0) is 43.3 Å². The highest BCUT2D eigenvalue weighted by Crippen LogP contribution is 2.16. The lowest BCUT2D eigenvalue weighted by atomic mass is 10.2. The van der Waals surface area contributed by atoms with E-state index in [9.17, 15) is 14.0 Å². The molecular weight excluding hydrogens is 359 g/mol. The molecule has 4 aromatic rings. The summed E-state index contributed by atoms with van der Waals surface area (Å²) in [4.78, 5) is 29.8. The van der Waals surface area contributed by atoms with Gasteiger partial charge in [0.1, 0.15) is 12.4 Å². The molecule has 28 heavy (non-hydrogen) atoms. The highest BCUT2D eigenvalue weighted by molar-refractivity contribution is 5.91. The Bertz CT molecular complexity index is 1230. The molecule has 0 aliphatic heterocycles. The Labute approximate surface area is 159 Å². The van der Waals surface area contributed by atoms with E-state index < -0.39 is 11.7 Å². The van der Waals surface area contributed by atoms with Gasteiger partial charge in [-0.25, -0.2) is 14.1 Å². The van der Waals surface area contributed by atoms with Crippen molar-refractivity contribution in [1.82, 2.24) is 14.3 Å². The third-order valence-corrected chi connectivity index (χ3v) is 4.42. The highest BCUT2D eigenvalue weighted by Gasteiger charge is 2.18. The molecule has 2 heterocycles. The number of halogens is 1. The Balaban J connectivity index is 1.78. The Morgan fingerprint density at radius 1 is 1.07 bits per heavy atom. The number of rotatable bonds is 4. The van der Waals surface area contributed by atoms with Gasteiger partial charge in [0, 0.05) is 6.20 Å². The number of carbonyl (C=O) groups excluding carboxylic acids is 1. The van der Waals surface area contributed by atoms with Crippen molar-refractivity contribution >= 4 is 22.6 Å². The van der Waals surface area contributed by atoms with Crippen LogP contribution in [0.4, 0.5) is 10.1 Å². The van der Waals surface area contributed by atoms with Crippen molar-refractivity contribution in [3.63, 3.8) is 0 Å². The van der Waals surface area contributed by atoms with Gasteiger partial charge in [-0.15, -0.1) is 0 Å². The lowest BCUT2D eigenvalue weighted by Crippen LogP contribution is -2.27. The summed E-state index contributed by atoms with van der Waals surface area (Å²) in [5.74, 6) is -0.990. The van der Waals surface area contributed by atoms with Crippen LogP contribution in [0.25, 0.3) is 16.7 Å². The predicted octanol–water partition coefficient (Wildman–Crippen LogP) is 3.27. The second-order valence-electron chi connectivity index (χ2n) is 6.41. The van der Waals surface area contributed by atoms with Crippen molar-refractivity contribution in [2.75, 3.05) is 5.32 Å². The summed E-state index contributed by atoms with van der Waals surface area (Å²) < 4.78 is 16.8. The number of pyridine rings is 1. The number of hydrogen-bond donors (Lipinski definition) is 1. The number of aromatic nitrogens is 3. The molecule has 0 saturated heterocycles. The van der Waals surface area contributed by atoms with Crippen LogP contribution in [0.15, 0.2) is 71.7 Å². The number of hydrogen-bond acceptors (Lipinski definition) is 3. The minimum Gasteiger partial charge on any atom is -0.322 e. The van der Waals surface area contributed by atoms with Gasteiger partial charge in [-0.2, -0.15) is 0 Å². The highest BCUT2D eigenvalue weighted by atomic mass is 19.1. The van der Waals surface area contributed by atoms with Crippen LogP contribution in [0.1, 0.15) is 5.56 Å². The van der Waals surface area contributed by atoms with Gasteiger partial charge >= 0.3 is 0 Å². The van der Waals surface area contributed by atoms with Crippen LogP contribution in [0, 0.1) is 12.7 Å². The smallest absolute Gasteiger partial charge is 0.280 e. The molecule has 1 amide bonds. The number of aryl methyl sites for hydroxylation is 1. The Morgan fingerprint density at radius 3 is 2.57 bits per heavy atom.